The van der Waals surface area contributed by atoms with Crippen molar-refractivity contribution >= 4 is 50.4 Å². The maximum Gasteiger partial charge on any atom is 0.251 e. The van der Waals surface area contributed by atoms with Crippen molar-refractivity contribution in [2.24, 2.45) is 0 Å². The largest absolute Gasteiger partial charge is 0.357 e. The molecule has 0 radical (unpaired) electrons. The molecule has 2 saturated heterocycles. The van der Waals surface area contributed by atoms with Crippen LogP contribution in [0.25, 0.3) is 32.7 Å². The molecule has 11 nitrogen and oxygen atoms in total. The van der Waals surface area contributed by atoms with Gasteiger partial charge in [-0.1, -0.05) is 18.2 Å². The van der Waals surface area contributed by atoms with Crippen LogP contribution in [0.2, 0.25) is 0 Å². The highest BCUT2D eigenvalue weighted by Gasteiger charge is 2.52. The van der Waals surface area contributed by atoms with E-state index in [1.807, 2.05) is 48.5 Å². The Balaban J connectivity index is 1.04. The number of likely N-dealkylation sites (tertiary alicyclic amines) is 1. The molecule has 0 saturated carbocycles. The first-order valence-corrected chi connectivity index (χ1v) is 13.5. The zero-order chi connectivity index (χ0) is 28.0. The van der Waals surface area contributed by atoms with Crippen LogP contribution in [-0.4, -0.2) is 75.7 Å². The number of hydrogen-bond donors (Lipinski definition) is 4. The summed E-state index contributed by atoms with van der Waals surface area (Å²) in [5.41, 5.74) is 4.10. The lowest BCUT2D eigenvalue weighted by Gasteiger charge is -2.24. The van der Waals surface area contributed by atoms with E-state index in [2.05, 4.69) is 25.6 Å². The average molecular weight is 553 g/mol. The van der Waals surface area contributed by atoms with Crippen molar-refractivity contribution < 1.29 is 23.9 Å². The Labute approximate surface area is 234 Å². The van der Waals surface area contributed by atoms with Gasteiger partial charge in [0.15, 0.2) is 5.79 Å². The second-order valence-corrected chi connectivity index (χ2v) is 10.4. The monoisotopic (exact) mass is 552 g/mol. The Kier molecular flexibility index (Phi) is 6.17. The van der Waals surface area contributed by atoms with Crippen molar-refractivity contribution in [3.05, 3.63) is 78.2 Å². The van der Waals surface area contributed by atoms with Gasteiger partial charge in [0.2, 0.25) is 11.8 Å². The minimum absolute atomic E-state index is 0.110. The van der Waals surface area contributed by atoms with Gasteiger partial charge in [0.05, 0.1) is 32.8 Å². The number of hydrogen-bond acceptors (Lipinski definition) is 6. The summed E-state index contributed by atoms with van der Waals surface area (Å²) < 4.78 is 11.7. The third-order valence-electron chi connectivity index (χ3n) is 7.83. The standard InChI is InChI=1S/C30H28N6O5/c37-27(16-33-28(38)18-5-6-25-22(12-18)21-3-1-2-4-24(21)35-25)36-17-30(40-9-10-41-30)13-26(36)29(39)32-15-20-11-19-14-31-8-7-23(19)34-20/h1-8,11-12,14,26,34-35H,9-10,13,15-17H2,(H,32,39)(H,33,38)/t26-/m0/s1. The number of aromatic nitrogens is 3. The van der Waals surface area contributed by atoms with Gasteiger partial charge in [-0.2, -0.15) is 0 Å². The third-order valence-corrected chi connectivity index (χ3v) is 7.83. The van der Waals surface area contributed by atoms with Crippen LogP contribution >= 0.6 is 0 Å². The second kappa shape index (κ2) is 10.0. The molecule has 11 heteroatoms. The molecule has 0 bridgehead atoms. The summed E-state index contributed by atoms with van der Waals surface area (Å²) in [6.07, 6.45) is 3.66. The molecule has 41 heavy (non-hydrogen) atoms. The van der Waals surface area contributed by atoms with Gasteiger partial charge in [0, 0.05) is 62.8 Å². The van der Waals surface area contributed by atoms with Crippen molar-refractivity contribution in [2.75, 3.05) is 26.3 Å². The number of aromatic amines is 2. The maximum absolute atomic E-state index is 13.4. The Bertz CT molecular complexity index is 1770. The number of fused-ring (bicyclic) bond motifs is 4. The van der Waals surface area contributed by atoms with Crippen molar-refractivity contribution in [1.29, 1.82) is 0 Å². The van der Waals surface area contributed by atoms with Crippen LogP contribution in [0.15, 0.2) is 67.0 Å². The predicted molar refractivity (Wildman–Crippen MR) is 151 cm³/mol. The summed E-state index contributed by atoms with van der Waals surface area (Å²) in [4.78, 5) is 51.9. The summed E-state index contributed by atoms with van der Waals surface area (Å²) in [5, 5.41) is 8.55. The highest BCUT2D eigenvalue weighted by Crippen LogP contribution is 2.35. The molecule has 208 valence electrons. The number of amides is 3. The van der Waals surface area contributed by atoms with E-state index in [9.17, 15) is 14.4 Å². The molecule has 5 heterocycles. The van der Waals surface area contributed by atoms with E-state index < -0.39 is 11.8 Å². The molecule has 4 N–H and O–H groups in total. The molecule has 2 aliphatic rings. The van der Waals surface area contributed by atoms with Gasteiger partial charge in [-0.15, -0.1) is 0 Å². The molecule has 3 amide bonds. The lowest BCUT2D eigenvalue weighted by molar-refractivity contribution is -0.152. The van der Waals surface area contributed by atoms with E-state index in [0.717, 1.165) is 38.4 Å². The number of nitrogens with zero attached hydrogens (tertiary/aromatic N) is 2. The molecule has 0 unspecified atom stereocenters. The number of carbonyl (C=O) groups excluding carboxylic acids is 3. The molecule has 7 rings (SSSR count). The normalized spacial score (nSPS) is 18.0. The van der Waals surface area contributed by atoms with Crippen LogP contribution in [-0.2, 0) is 25.6 Å². The molecule has 1 spiro atoms. The quantitative estimate of drug-likeness (QED) is 0.255. The average Bonchev–Trinajstić information content (AvgIpc) is 3.79. The van der Waals surface area contributed by atoms with Crippen molar-refractivity contribution in [2.45, 2.75) is 24.8 Å². The smallest absolute Gasteiger partial charge is 0.251 e. The Morgan fingerprint density at radius 2 is 1.78 bits per heavy atom. The molecule has 2 fully saturated rings. The lowest BCUT2D eigenvalue weighted by atomic mass is 10.1. The van der Waals surface area contributed by atoms with Gasteiger partial charge >= 0.3 is 0 Å². The fourth-order valence-electron chi connectivity index (χ4n) is 5.82. The highest BCUT2D eigenvalue weighted by atomic mass is 16.7. The molecule has 2 aliphatic heterocycles. The van der Waals surface area contributed by atoms with Crippen molar-refractivity contribution in [3.63, 3.8) is 0 Å². The number of benzene rings is 2. The fourth-order valence-corrected chi connectivity index (χ4v) is 5.82. The zero-order valence-electron chi connectivity index (χ0n) is 22.1. The second-order valence-electron chi connectivity index (χ2n) is 10.4. The van der Waals surface area contributed by atoms with E-state index in [1.54, 1.807) is 18.5 Å². The van der Waals surface area contributed by atoms with E-state index >= 15 is 0 Å². The summed E-state index contributed by atoms with van der Waals surface area (Å²) in [6.45, 7) is 0.894. The van der Waals surface area contributed by atoms with Crippen LogP contribution in [0.4, 0.5) is 0 Å². The number of ether oxygens (including phenoxy) is 2. The lowest BCUT2D eigenvalue weighted by Crippen LogP contribution is -2.49. The van der Waals surface area contributed by atoms with Gasteiger partial charge in [0.1, 0.15) is 6.04 Å². The number of pyridine rings is 1. The summed E-state index contributed by atoms with van der Waals surface area (Å²) in [7, 11) is 0. The van der Waals surface area contributed by atoms with Crippen LogP contribution < -0.4 is 10.6 Å². The van der Waals surface area contributed by atoms with E-state index in [-0.39, 0.29) is 43.8 Å². The van der Waals surface area contributed by atoms with Gasteiger partial charge in [-0.3, -0.25) is 19.4 Å². The fraction of sp³-hybridized carbons (Fsp3) is 0.267. The Hall–Kier alpha value is -4.74. The minimum Gasteiger partial charge on any atom is -0.357 e. The topological polar surface area (TPSA) is 141 Å². The van der Waals surface area contributed by atoms with Crippen LogP contribution in [0.3, 0.4) is 0 Å². The predicted octanol–water partition coefficient (Wildman–Crippen LogP) is 2.59. The van der Waals surface area contributed by atoms with Gasteiger partial charge < -0.3 is 35.0 Å². The van der Waals surface area contributed by atoms with Gasteiger partial charge in [-0.25, -0.2) is 0 Å². The zero-order valence-corrected chi connectivity index (χ0v) is 22.1. The van der Waals surface area contributed by atoms with Crippen LogP contribution in [0.5, 0.6) is 0 Å². The first-order chi connectivity index (χ1) is 20.0. The first kappa shape index (κ1) is 25.2. The molecular formula is C30H28N6O5. The Morgan fingerprint density at radius 3 is 2.63 bits per heavy atom. The van der Waals surface area contributed by atoms with Gasteiger partial charge in [-0.05, 0) is 36.4 Å². The first-order valence-electron chi connectivity index (χ1n) is 13.5. The molecule has 3 aromatic heterocycles. The number of nitrogens with one attached hydrogen (secondary N) is 4. The van der Waals surface area contributed by atoms with E-state index in [4.69, 9.17) is 9.47 Å². The number of rotatable bonds is 6. The van der Waals surface area contributed by atoms with Crippen LogP contribution in [0, 0.1) is 0 Å². The summed E-state index contributed by atoms with van der Waals surface area (Å²) >= 11 is 0. The highest BCUT2D eigenvalue weighted by molar-refractivity contribution is 6.10. The molecular weight excluding hydrogens is 524 g/mol. The van der Waals surface area contributed by atoms with Crippen molar-refractivity contribution in [3.8, 4) is 0 Å². The summed E-state index contributed by atoms with van der Waals surface area (Å²) in [6, 6.07) is 16.3. The Morgan fingerprint density at radius 1 is 0.951 bits per heavy atom. The number of H-pyrrole nitrogens is 2. The number of carbonyl (C=O) groups is 3. The SMILES string of the molecule is O=C(NCC(=O)N1CC2(C[C@H]1C(=O)NCc1cc3cnccc3[nH]1)OCCO2)c1ccc2[nH]c3ccccc3c2c1. The maximum atomic E-state index is 13.4. The molecule has 5 aromatic rings. The third kappa shape index (κ3) is 4.68. The molecule has 2 aromatic carbocycles. The van der Waals surface area contributed by atoms with Crippen molar-refractivity contribution in [1.82, 2.24) is 30.5 Å². The minimum atomic E-state index is -1.02. The van der Waals surface area contributed by atoms with Crippen LogP contribution in [0.1, 0.15) is 22.5 Å². The van der Waals surface area contributed by atoms with Gasteiger partial charge in [0.25, 0.3) is 5.91 Å². The van der Waals surface area contributed by atoms with E-state index in [1.165, 1.54) is 4.90 Å². The molecule has 0 aliphatic carbocycles. The van der Waals surface area contributed by atoms with E-state index in [0.29, 0.717) is 18.8 Å². The number of para-hydroxylation sites is 1. The summed E-state index contributed by atoms with van der Waals surface area (Å²) in [5.74, 6) is -2.10. The molecule has 1 atom stereocenters.